The number of benzene rings is 6. The van der Waals surface area contributed by atoms with Gasteiger partial charge < -0.3 is 30.6 Å². The molecule has 12 bridgehead atoms. The molecule has 7 rings (SSSR count). The molecule has 0 saturated carbocycles. The molecule has 0 aliphatic heterocycles. The number of hydrogen-bond donors (Lipinski definition) is 6. The molecule has 1 aliphatic rings. The molecule has 1 aliphatic carbocycles. The molecule has 0 spiro atoms. The molecule has 276 valence electrons. The maximum absolute atomic E-state index is 11.6. The van der Waals surface area contributed by atoms with Crippen LogP contribution in [0.2, 0.25) is 0 Å². The van der Waals surface area contributed by atoms with Crippen LogP contribution in [0.1, 0.15) is 66.8 Å². The molecule has 0 saturated heterocycles. The summed E-state index contributed by atoms with van der Waals surface area (Å²) in [7, 11) is 0. The lowest BCUT2D eigenvalue weighted by Crippen LogP contribution is -2.01. The minimum atomic E-state index is 0.0381. The van der Waals surface area contributed by atoms with Crippen LogP contribution in [0.15, 0.2) is 99.6 Å². The van der Waals surface area contributed by atoms with Crippen LogP contribution < -0.4 is 0 Å². The van der Waals surface area contributed by atoms with E-state index in [2.05, 4.69) is 95.6 Å². The van der Waals surface area contributed by atoms with Crippen molar-refractivity contribution in [3.63, 3.8) is 0 Å². The Kier molecular flexibility index (Phi) is 11.5. The van der Waals surface area contributed by atoms with Gasteiger partial charge in [-0.3, -0.25) is 0 Å². The number of aromatic hydroxyl groups is 6. The first-order valence-electron chi connectivity index (χ1n) is 16.6. The SMILES string of the molecule is Oc1c2cc(Br)cc1Cc1cc(Br)cc(c1O)Cc1cc(Br)cc(c1O)Cc1cc(Br)cc(c1O)Cc1cc(Br)cc(c1O)Cc1cc(Br)cc(c1O)C2. The van der Waals surface area contributed by atoms with E-state index in [0.717, 1.165) is 26.8 Å². The van der Waals surface area contributed by atoms with Crippen molar-refractivity contribution >= 4 is 95.6 Å². The summed E-state index contributed by atoms with van der Waals surface area (Å²) in [6, 6.07) is 21.6. The van der Waals surface area contributed by atoms with Gasteiger partial charge in [-0.25, -0.2) is 0 Å². The lowest BCUT2D eigenvalue weighted by atomic mass is 9.91. The van der Waals surface area contributed by atoms with E-state index in [1.54, 1.807) is 72.8 Å². The average Bonchev–Trinajstić information content (AvgIpc) is 3.09. The van der Waals surface area contributed by atoms with Crippen LogP contribution >= 0.6 is 95.6 Å². The van der Waals surface area contributed by atoms with Crippen molar-refractivity contribution < 1.29 is 30.6 Å². The Bertz CT molecular complexity index is 1910. The van der Waals surface area contributed by atoms with Crippen LogP contribution in [-0.2, 0) is 38.5 Å². The monoisotopic (exact) mass is 1100 g/mol. The Hall–Kier alpha value is -3.00. The van der Waals surface area contributed by atoms with Crippen LogP contribution in [0.4, 0.5) is 0 Å². The van der Waals surface area contributed by atoms with Crippen molar-refractivity contribution in [2.45, 2.75) is 38.5 Å². The zero-order valence-electron chi connectivity index (χ0n) is 28.1. The zero-order chi connectivity index (χ0) is 38.6. The highest BCUT2D eigenvalue weighted by Crippen LogP contribution is 2.42. The second-order valence-electron chi connectivity index (χ2n) is 13.5. The van der Waals surface area contributed by atoms with Gasteiger partial charge in [0.25, 0.3) is 0 Å². The molecule has 6 aromatic rings. The quantitative estimate of drug-likeness (QED) is 0.0900. The number of fused-ring (bicyclic) bond motifs is 12. The number of phenolic OH excluding ortho intramolecular Hbond substituents is 6. The Balaban J connectivity index is 1.43. The third-order valence-corrected chi connectivity index (χ3v) is 12.4. The third-order valence-electron chi connectivity index (χ3n) is 9.68. The molecule has 0 aromatic heterocycles. The highest BCUT2D eigenvalue weighted by Gasteiger charge is 2.22. The summed E-state index contributed by atoms with van der Waals surface area (Å²) in [5.41, 5.74) is 6.78. The molecule has 0 heterocycles. The molecule has 0 amide bonds. The first-order chi connectivity index (χ1) is 25.6. The van der Waals surface area contributed by atoms with Gasteiger partial charge in [0, 0.05) is 65.4 Å². The highest BCUT2D eigenvalue weighted by molar-refractivity contribution is 9.11. The molecular weight excluding hydrogens is 1080 g/mol. The second kappa shape index (κ2) is 15.9. The molecule has 6 N–H and O–H groups in total. The maximum atomic E-state index is 11.6. The van der Waals surface area contributed by atoms with Gasteiger partial charge in [-0.05, 0) is 140 Å². The van der Waals surface area contributed by atoms with Crippen LogP contribution in [-0.4, -0.2) is 30.6 Å². The van der Waals surface area contributed by atoms with Crippen molar-refractivity contribution in [3.8, 4) is 34.5 Å². The lowest BCUT2D eigenvalue weighted by molar-refractivity contribution is 0.451. The summed E-state index contributed by atoms with van der Waals surface area (Å²) in [5, 5.41) is 69.8. The molecule has 12 heteroatoms. The zero-order valence-corrected chi connectivity index (χ0v) is 37.6. The lowest BCUT2D eigenvalue weighted by Gasteiger charge is -2.18. The predicted molar refractivity (Wildman–Crippen MR) is 232 cm³/mol. The fourth-order valence-electron chi connectivity index (χ4n) is 7.15. The summed E-state index contributed by atoms with van der Waals surface area (Å²) >= 11 is 21.6. The van der Waals surface area contributed by atoms with Crippen LogP contribution in [0, 0.1) is 0 Å². The van der Waals surface area contributed by atoms with Gasteiger partial charge >= 0.3 is 0 Å². The number of hydrogen-bond acceptors (Lipinski definition) is 6. The predicted octanol–water partition coefficient (Wildman–Crippen LogP) is 12.4. The number of phenols is 6. The standard InChI is InChI=1S/C42H30Br6O6/c43-31-7-19-1-20-8-32(44)10-22(38(20)50)3-24-12-34(46)14-26(40(24)52)5-28-16-36(48)18-30(42(28)54)6-29-17-35(47)15-27(41(29)53)4-25-13-33(45)11-23(39(25)51)2-21(9-31)37(19)49/h7-18,49-54H,1-6H2. The maximum Gasteiger partial charge on any atom is 0.122 e. The van der Waals surface area contributed by atoms with Gasteiger partial charge in [-0.2, -0.15) is 0 Å². The molecule has 54 heavy (non-hydrogen) atoms. The summed E-state index contributed by atoms with van der Waals surface area (Å²) in [4.78, 5) is 0. The van der Waals surface area contributed by atoms with Gasteiger partial charge in [0.2, 0.25) is 0 Å². The average molecular weight is 1110 g/mol. The Morgan fingerprint density at radius 3 is 0.407 bits per heavy atom. The van der Waals surface area contributed by atoms with Crippen molar-refractivity contribution in [3.05, 3.63) is 166 Å². The molecule has 6 nitrogen and oxygen atoms in total. The van der Waals surface area contributed by atoms with E-state index in [-0.39, 0.29) is 73.0 Å². The first kappa shape index (κ1) is 39.2. The Labute approximate surface area is 362 Å². The van der Waals surface area contributed by atoms with Gasteiger partial charge in [-0.1, -0.05) is 95.6 Å². The van der Waals surface area contributed by atoms with E-state index >= 15 is 0 Å². The normalized spacial score (nSPS) is 13.0. The summed E-state index contributed by atoms with van der Waals surface area (Å²) in [6.07, 6.45) is 1.15. The van der Waals surface area contributed by atoms with Crippen molar-refractivity contribution in [1.29, 1.82) is 0 Å². The van der Waals surface area contributed by atoms with Crippen LogP contribution in [0.25, 0.3) is 0 Å². The van der Waals surface area contributed by atoms with Gasteiger partial charge in [0.1, 0.15) is 34.5 Å². The van der Waals surface area contributed by atoms with E-state index in [1.807, 2.05) is 0 Å². The molecule has 6 aromatic carbocycles. The molecule has 0 atom stereocenters. The van der Waals surface area contributed by atoms with E-state index in [0.29, 0.717) is 66.8 Å². The second-order valence-corrected chi connectivity index (χ2v) is 19.0. The largest absolute Gasteiger partial charge is 0.507 e. The highest BCUT2D eigenvalue weighted by atomic mass is 79.9. The van der Waals surface area contributed by atoms with E-state index in [1.165, 1.54) is 0 Å². The minimum absolute atomic E-state index is 0.0381. The van der Waals surface area contributed by atoms with Gasteiger partial charge in [0.05, 0.1) is 0 Å². The third kappa shape index (κ3) is 8.25. The summed E-state index contributed by atoms with van der Waals surface area (Å²) in [5.74, 6) is 0.229. The Morgan fingerprint density at radius 1 is 0.222 bits per heavy atom. The van der Waals surface area contributed by atoms with Gasteiger partial charge in [-0.15, -0.1) is 0 Å². The van der Waals surface area contributed by atoms with Crippen LogP contribution in [0.5, 0.6) is 34.5 Å². The van der Waals surface area contributed by atoms with E-state index in [4.69, 9.17) is 0 Å². The number of rotatable bonds is 0. The topological polar surface area (TPSA) is 121 Å². The van der Waals surface area contributed by atoms with Crippen molar-refractivity contribution in [1.82, 2.24) is 0 Å². The van der Waals surface area contributed by atoms with Gasteiger partial charge in [0.15, 0.2) is 0 Å². The molecule has 0 unspecified atom stereocenters. The summed E-state index contributed by atoms with van der Waals surface area (Å²) in [6.45, 7) is 0. The summed E-state index contributed by atoms with van der Waals surface area (Å²) < 4.78 is 4.32. The minimum Gasteiger partial charge on any atom is -0.507 e. The number of halogens is 6. The van der Waals surface area contributed by atoms with Crippen molar-refractivity contribution in [2.24, 2.45) is 0 Å². The molecule has 0 fully saturated rings. The van der Waals surface area contributed by atoms with E-state index < -0.39 is 0 Å². The fraction of sp³-hybridized carbons (Fsp3) is 0.143. The van der Waals surface area contributed by atoms with E-state index in [9.17, 15) is 30.6 Å². The molecular formula is C42H30Br6O6. The fourth-order valence-corrected chi connectivity index (χ4v) is 10.5. The first-order valence-corrected chi connectivity index (χ1v) is 21.4. The Morgan fingerprint density at radius 2 is 0.315 bits per heavy atom. The van der Waals surface area contributed by atoms with Crippen LogP contribution in [0.3, 0.4) is 0 Å². The smallest absolute Gasteiger partial charge is 0.122 e. The van der Waals surface area contributed by atoms with Crippen molar-refractivity contribution in [2.75, 3.05) is 0 Å². The molecule has 0 radical (unpaired) electrons.